The van der Waals surface area contributed by atoms with E-state index >= 15 is 0 Å². The second-order valence-electron chi connectivity index (χ2n) is 7.21. The molecule has 4 rings (SSSR count). The molecule has 0 aromatic rings. The highest BCUT2D eigenvalue weighted by molar-refractivity contribution is 5.12. The minimum atomic E-state index is 0.251. The number of nitrogens with zero attached hydrogens (tertiary/aromatic N) is 2. The van der Waals surface area contributed by atoms with Crippen LogP contribution in [0.4, 0.5) is 0 Å². The summed E-state index contributed by atoms with van der Waals surface area (Å²) >= 11 is 0. The lowest BCUT2D eigenvalue weighted by atomic mass is 9.81. The monoisotopic (exact) mass is 279 g/mol. The fourth-order valence-electron chi connectivity index (χ4n) is 5.55. The van der Waals surface area contributed by atoms with E-state index in [9.17, 15) is 0 Å². The van der Waals surface area contributed by atoms with Crippen LogP contribution in [0.1, 0.15) is 44.9 Å². The highest BCUT2D eigenvalue weighted by atomic mass is 16.5. The minimum Gasteiger partial charge on any atom is -0.375 e. The smallest absolute Gasteiger partial charge is 0.0731 e. The SMILES string of the molecule is NCC1(N2CCOC3CCCCC32)CCN2CCCC21. The molecular formula is C16H29N3O. The molecule has 0 radical (unpaired) electrons. The van der Waals surface area contributed by atoms with Crippen molar-refractivity contribution in [3.8, 4) is 0 Å². The predicted molar refractivity (Wildman–Crippen MR) is 79.7 cm³/mol. The van der Waals surface area contributed by atoms with Crippen molar-refractivity contribution in [3.05, 3.63) is 0 Å². The summed E-state index contributed by atoms with van der Waals surface area (Å²) in [5, 5.41) is 0. The van der Waals surface area contributed by atoms with Crippen LogP contribution in [0.5, 0.6) is 0 Å². The van der Waals surface area contributed by atoms with Gasteiger partial charge < -0.3 is 10.5 Å². The molecule has 4 aliphatic rings. The van der Waals surface area contributed by atoms with Crippen LogP contribution in [-0.2, 0) is 4.74 Å². The molecule has 0 aromatic heterocycles. The van der Waals surface area contributed by atoms with Gasteiger partial charge >= 0.3 is 0 Å². The Hall–Kier alpha value is -0.160. The Morgan fingerprint density at radius 1 is 1.05 bits per heavy atom. The number of hydrogen-bond donors (Lipinski definition) is 1. The first-order valence-corrected chi connectivity index (χ1v) is 8.68. The maximum atomic E-state index is 6.37. The van der Waals surface area contributed by atoms with Crippen LogP contribution in [0.2, 0.25) is 0 Å². The summed E-state index contributed by atoms with van der Waals surface area (Å²) < 4.78 is 6.08. The molecule has 3 saturated heterocycles. The Morgan fingerprint density at radius 2 is 1.95 bits per heavy atom. The summed E-state index contributed by atoms with van der Waals surface area (Å²) in [6.07, 6.45) is 9.77. The average molecular weight is 279 g/mol. The van der Waals surface area contributed by atoms with E-state index in [1.165, 1.54) is 58.0 Å². The topological polar surface area (TPSA) is 41.7 Å². The van der Waals surface area contributed by atoms with Crippen molar-refractivity contribution in [1.29, 1.82) is 0 Å². The average Bonchev–Trinajstić information content (AvgIpc) is 3.09. The summed E-state index contributed by atoms with van der Waals surface area (Å²) in [7, 11) is 0. The number of morpholine rings is 1. The molecule has 4 nitrogen and oxygen atoms in total. The van der Waals surface area contributed by atoms with Crippen molar-refractivity contribution in [3.63, 3.8) is 0 Å². The van der Waals surface area contributed by atoms with E-state index < -0.39 is 0 Å². The van der Waals surface area contributed by atoms with E-state index in [2.05, 4.69) is 9.80 Å². The Balaban J connectivity index is 1.62. The molecule has 0 amide bonds. The van der Waals surface area contributed by atoms with Gasteiger partial charge in [-0.05, 0) is 38.6 Å². The van der Waals surface area contributed by atoms with E-state index in [0.29, 0.717) is 18.2 Å². The third-order valence-corrected chi connectivity index (χ3v) is 6.47. The Morgan fingerprint density at radius 3 is 2.85 bits per heavy atom. The predicted octanol–water partition coefficient (Wildman–Crippen LogP) is 1.20. The Labute approximate surface area is 122 Å². The number of ether oxygens (including phenoxy) is 1. The van der Waals surface area contributed by atoms with E-state index in [0.717, 1.165) is 19.7 Å². The molecule has 1 aliphatic carbocycles. The van der Waals surface area contributed by atoms with Gasteiger partial charge in [0.1, 0.15) is 0 Å². The molecule has 3 heterocycles. The number of fused-ring (bicyclic) bond motifs is 2. The van der Waals surface area contributed by atoms with Crippen molar-refractivity contribution < 1.29 is 4.74 Å². The zero-order valence-electron chi connectivity index (χ0n) is 12.6. The van der Waals surface area contributed by atoms with E-state index in [-0.39, 0.29) is 5.54 Å². The zero-order chi connectivity index (χ0) is 13.6. The van der Waals surface area contributed by atoms with Crippen LogP contribution in [0.25, 0.3) is 0 Å². The lowest BCUT2D eigenvalue weighted by Gasteiger charge is -2.54. The first-order valence-electron chi connectivity index (χ1n) is 8.68. The van der Waals surface area contributed by atoms with Gasteiger partial charge in [0.15, 0.2) is 0 Å². The fraction of sp³-hybridized carbons (Fsp3) is 1.00. The maximum absolute atomic E-state index is 6.37. The van der Waals surface area contributed by atoms with Gasteiger partial charge in [0.25, 0.3) is 0 Å². The first kappa shape index (κ1) is 13.5. The zero-order valence-corrected chi connectivity index (χ0v) is 12.6. The Bertz CT molecular complexity index is 362. The quantitative estimate of drug-likeness (QED) is 0.824. The molecule has 0 spiro atoms. The molecule has 0 bridgehead atoms. The molecule has 0 aromatic carbocycles. The first-order chi connectivity index (χ1) is 9.85. The number of nitrogens with two attached hydrogens (primary N) is 1. The fourth-order valence-corrected chi connectivity index (χ4v) is 5.55. The van der Waals surface area contributed by atoms with E-state index in [4.69, 9.17) is 10.5 Å². The van der Waals surface area contributed by atoms with E-state index in [1.807, 2.05) is 0 Å². The summed E-state index contributed by atoms with van der Waals surface area (Å²) in [5.41, 5.74) is 6.62. The molecule has 20 heavy (non-hydrogen) atoms. The number of hydrogen-bond acceptors (Lipinski definition) is 4. The molecule has 2 N–H and O–H groups in total. The van der Waals surface area contributed by atoms with E-state index in [1.54, 1.807) is 0 Å². The number of rotatable bonds is 2. The van der Waals surface area contributed by atoms with Crippen LogP contribution in [0.3, 0.4) is 0 Å². The van der Waals surface area contributed by atoms with Crippen molar-refractivity contribution in [2.45, 2.75) is 68.7 Å². The Kier molecular flexibility index (Phi) is 3.53. The third-order valence-electron chi connectivity index (χ3n) is 6.47. The molecule has 4 unspecified atom stereocenters. The minimum absolute atomic E-state index is 0.251. The van der Waals surface area contributed by atoms with Gasteiger partial charge in [-0.1, -0.05) is 12.8 Å². The summed E-state index contributed by atoms with van der Waals surface area (Å²) in [6, 6.07) is 1.36. The van der Waals surface area contributed by atoms with Crippen LogP contribution in [0, 0.1) is 0 Å². The van der Waals surface area contributed by atoms with Crippen molar-refractivity contribution >= 4 is 0 Å². The molecule has 4 atom stereocenters. The second-order valence-corrected chi connectivity index (χ2v) is 7.21. The lowest BCUT2D eigenvalue weighted by Crippen LogP contribution is -2.68. The van der Waals surface area contributed by atoms with Crippen molar-refractivity contribution in [2.75, 3.05) is 32.8 Å². The van der Waals surface area contributed by atoms with Gasteiger partial charge in [0.05, 0.1) is 18.2 Å². The van der Waals surface area contributed by atoms with Gasteiger partial charge in [-0.2, -0.15) is 0 Å². The van der Waals surface area contributed by atoms with Gasteiger partial charge in [-0.15, -0.1) is 0 Å². The van der Waals surface area contributed by atoms with Crippen LogP contribution < -0.4 is 5.73 Å². The lowest BCUT2D eigenvalue weighted by molar-refractivity contribution is -0.129. The molecule has 3 aliphatic heterocycles. The molecule has 4 heteroatoms. The van der Waals surface area contributed by atoms with Crippen LogP contribution in [-0.4, -0.2) is 66.3 Å². The molecular weight excluding hydrogens is 250 g/mol. The second kappa shape index (κ2) is 5.24. The van der Waals surface area contributed by atoms with Crippen molar-refractivity contribution in [1.82, 2.24) is 9.80 Å². The van der Waals surface area contributed by atoms with Crippen LogP contribution in [0.15, 0.2) is 0 Å². The van der Waals surface area contributed by atoms with Gasteiger partial charge in [-0.3, -0.25) is 9.80 Å². The van der Waals surface area contributed by atoms with Gasteiger partial charge in [0.2, 0.25) is 0 Å². The van der Waals surface area contributed by atoms with Gasteiger partial charge in [0, 0.05) is 31.7 Å². The highest BCUT2D eigenvalue weighted by Gasteiger charge is 2.55. The molecule has 4 fully saturated rings. The normalized spacial score (nSPS) is 46.4. The maximum Gasteiger partial charge on any atom is 0.0731 e. The highest BCUT2D eigenvalue weighted by Crippen LogP contribution is 2.43. The molecule has 1 saturated carbocycles. The van der Waals surface area contributed by atoms with Crippen LogP contribution >= 0.6 is 0 Å². The van der Waals surface area contributed by atoms with Crippen molar-refractivity contribution in [2.24, 2.45) is 5.73 Å². The third kappa shape index (κ3) is 1.88. The summed E-state index contributed by atoms with van der Waals surface area (Å²) in [6.45, 7) is 5.40. The summed E-state index contributed by atoms with van der Waals surface area (Å²) in [4.78, 5) is 5.52. The standard InChI is InChI=1S/C16H29N3O/c17-12-16(7-9-18-8-3-6-15(16)18)19-10-11-20-14-5-2-1-4-13(14)19/h13-15H,1-12,17H2. The van der Waals surface area contributed by atoms with Gasteiger partial charge in [-0.25, -0.2) is 0 Å². The largest absolute Gasteiger partial charge is 0.375 e. The summed E-state index contributed by atoms with van der Waals surface area (Å²) in [5.74, 6) is 0. The molecule has 114 valence electrons.